The van der Waals surface area contributed by atoms with Gasteiger partial charge >= 0.3 is 0 Å². The van der Waals surface area contributed by atoms with Gasteiger partial charge in [0.25, 0.3) is 0 Å². The third-order valence-corrected chi connectivity index (χ3v) is 3.20. The molecule has 3 nitrogen and oxygen atoms in total. The van der Waals surface area contributed by atoms with Crippen LogP contribution < -0.4 is 5.32 Å². The van der Waals surface area contributed by atoms with Gasteiger partial charge in [0.15, 0.2) is 0 Å². The second-order valence-corrected chi connectivity index (χ2v) is 4.57. The van der Waals surface area contributed by atoms with Crippen molar-refractivity contribution in [2.45, 2.75) is 6.92 Å². The topological polar surface area (TPSA) is 48.7 Å². The van der Waals surface area contributed by atoms with E-state index in [4.69, 9.17) is 5.26 Å². The highest BCUT2D eigenvalue weighted by Gasteiger charge is 2.08. The van der Waals surface area contributed by atoms with Crippen LogP contribution in [0.3, 0.4) is 0 Å². The van der Waals surface area contributed by atoms with Gasteiger partial charge in [-0.25, -0.2) is 4.98 Å². The summed E-state index contributed by atoms with van der Waals surface area (Å²) in [6.07, 6.45) is 0. The number of pyridine rings is 1. The Kier molecular flexibility index (Phi) is 3.96. The number of nitriles is 1. The van der Waals surface area contributed by atoms with Crippen LogP contribution in [-0.2, 0) is 0 Å². The molecule has 4 heteroatoms. The molecule has 2 aromatic rings. The zero-order valence-electron chi connectivity index (χ0n) is 9.94. The van der Waals surface area contributed by atoms with Crippen molar-refractivity contribution in [2.24, 2.45) is 0 Å². The van der Waals surface area contributed by atoms with Gasteiger partial charge < -0.3 is 5.32 Å². The first-order valence-electron chi connectivity index (χ1n) is 5.66. The van der Waals surface area contributed by atoms with Gasteiger partial charge in [0.2, 0.25) is 0 Å². The number of nitrogens with one attached hydrogen (secondary N) is 1. The predicted molar refractivity (Wildman–Crippen MR) is 76.3 cm³/mol. The molecular weight excluding hydrogens is 290 g/mol. The van der Waals surface area contributed by atoms with E-state index in [1.165, 1.54) is 0 Å². The fraction of sp³-hybridized carbons (Fsp3) is 0.143. The molecule has 0 aliphatic heterocycles. The van der Waals surface area contributed by atoms with E-state index in [-0.39, 0.29) is 0 Å². The molecule has 1 aromatic carbocycles. The molecule has 0 saturated carbocycles. The molecule has 1 heterocycles. The first-order valence-corrected chi connectivity index (χ1v) is 6.45. The van der Waals surface area contributed by atoms with Crippen LogP contribution in [0, 0.1) is 11.3 Å². The minimum Gasteiger partial charge on any atom is -0.369 e. The van der Waals surface area contributed by atoms with Crippen molar-refractivity contribution in [2.75, 3.05) is 11.9 Å². The zero-order valence-corrected chi connectivity index (χ0v) is 11.5. The fourth-order valence-electron chi connectivity index (χ4n) is 1.67. The molecule has 1 N–H and O–H groups in total. The number of hydrogen-bond donors (Lipinski definition) is 1. The summed E-state index contributed by atoms with van der Waals surface area (Å²) < 4.78 is 0.990. The van der Waals surface area contributed by atoms with Gasteiger partial charge in [-0.2, -0.15) is 5.26 Å². The highest BCUT2D eigenvalue weighted by molar-refractivity contribution is 9.10. The van der Waals surface area contributed by atoms with Gasteiger partial charge in [0, 0.05) is 16.6 Å². The Hall–Kier alpha value is -1.86. The number of nitrogens with zero attached hydrogens (tertiary/aromatic N) is 2. The molecule has 0 aliphatic rings. The Balaban J connectivity index is 2.51. The van der Waals surface area contributed by atoms with Crippen molar-refractivity contribution in [3.05, 3.63) is 46.4 Å². The summed E-state index contributed by atoms with van der Waals surface area (Å²) >= 11 is 3.51. The fourth-order valence-corrected chi connectivity index (χ4v) is 2.16. The van der Waals surface area contributed by atoms with Crippen LogP contribution in [0.4, 0.5) is 5.82 Å². The SMILES string of the molecule is CCNc1nc(-c2ccccc2Br)ccc1C#N. The number of benzene rings is 1. The molecule has 0 bridgehead atoms. The number of halogens is 1. The Morgan fingerprint density at radius 2 is 2.06 bits per heavy atom. The Bertz CT molecular complexity index is 602. The Morgan fingerprint density at radius 1 is 1.28 bits per heavy atom. The van der Waals surface area contributed by atoms with Gasteiger partial charge in [-0.3, -0.25) is 0 Å². The third kappa shape index (κ3) is 2.52. The van der Waals surface area contributed by atoms with Crippen LogP contribution in [0.2, 0.25) is 0 Å². The largest absolute Gasteiger partial charge is 0.369 e. The van der Waals surface area contributed by atoms with Crippen molar-refractivity contribution in [1.29, 1.82) is 5.26 Å². The highest BCUT2D eigenvalue weighted by Crippen LogP contribution is 2.28. The summed E-state index contributed by atoms with van der Waals surface area (Å²) in [5, 5.41) is 12.1. The summed E-state index contributed by atoms with van der Waals surface area (Å²) in [6, 6.07) is 13.7. The van der Waals surface area contributed by atoms with E-state index in [9.17, 15) is 0 Å². The minimum absolute atomic E-state index is 0.563. The zero-order chi connectivity index (χ0) is 13.0. The van der Waals surface area contributed by atoms with Crippen molar-refractivity contribution in [1.82, 2.24) is 4.98 Å². The molecule has 0 amide bonds. The van der Waals surface area contributed by atoms with Crippen LogP contribution in [0.25, 0.3) is 11.3 Å². The number of anilines is 1. The Morgan fingerprint density at radius 3 is 2.72 bits per heavy atom. The summed E-state index contributed by atoms with van der Waals surface area (Å²) in [5.41, 5.74) is 2.42. The molecule has 0 radical (unpaired) electrons. The van der Waals surface area contributed by atoms with Gasteiger partial charge in [-0.1, -0.05) is 34.1 Å². The molecule has 0 aliphatic carbocycles. The van der Waals surface area contributed by atoms with E-state index in [1.54, 1.807) is 6.07 Å². The van der Waals surface area contributed by atoms with Crippen LogP contribution >= 0.6 is 15.9 Å². The maximum atomic E-state index is 9.02. The Labute approximate surface area is 115 Å². The normalized spacial score (nSPS) is 9.83. The van der Waals surface area contributed by atoms with E-state index in [1.807, 2.05) is 37.3 Å². The van der Waals surface area contributed by atoms with Crippen LogP contribution in [0.5, 0.6) is 0 Å². The van der Waals surface area contributed by atoms with Crippen molar-refractivity contribution >= 4 is 21.7 Å². The van der Waals surface area contributed by atoms with E-state index in [0.29, 0.717) is 11.4 Å². The monoisotopic (exact) mass is 301 g/mol. The summed E-state index contributed by atoms with van der Waals surface area (Å²) in [4.78, 5) is 4.50. The molecule has 0 spiro atoms. The van der Waals surface area contributed by atoms with Crippen LogP contribution in [0.15, 0.2) is 40.9 Å². The third-order valence-electron chi connectivity index (χ3n) is 2.51. The minimum atomic E-state index is 0.563. The van der Waals surface area contributed by atoms with Gasteiger partial charge in [-0.05, 0) is 25.1 Å². The lowest BCUT2D eigenvalue weighted by atomic mass is 10.1. The summed E-state index contributed by atoms with van der Waals surface area (Å²) in [6.45, 7) is 2.72. The smallest absolute Gasteiger partial charge is 0.144 e. The lowest BCUT2D eigenvalue weighted by molar-refractivity contribution is 1.15. The molecule has 0 saturated heterocycles. The summed E-state index contributed by atoms with van der Waals surface area (Å²) in [5.74, 6) is 0.633. The lowest BCUT2D eigenvalue weighted by Gasteiger charge is -2.08. The quantitative estimate of drug-likeness (QED) is 0.937. The molecular formula is C14H12BrN3. The molecule has 90 valence electrons. The van der Waals surface area contributed by atoms with Crippen LogP contribution in [0.1, 0.15) is 12.5 Å². The number of rotatable bonds is 3. The molecule has 1 aromatic heterocycles. The highest BCUT2D eigenvalue weighted by atomic mass is 79.9. The van der Waals surface area contributed by atoms with Crippen LogP contribution in [-0.4, -0.2) is 11.5 Å². The first-order chi connectivity index (χ1) is 8.76. The van der Waals surface area contributed by atoms with Gasteiger partial charge in [0.05, 0.1) is 11.3 Å². The molecule has 0 fully saturated rings. The maximum Gasteiger partial charge on any atom is 0.144 e. The van der Waals surface area contributed by atoms with Crippen molar-refractivity contribution in [3.63, 3.8) is 0 Å². The lowest BCUT2D eigenvalue weighted by Crippen LogP contribution is -2.02. The summed E-state index contributed by atoms with van der Waals surface area (Å²) in [7, 11) is 0. The maximum absolute atomic E-state index is 9.02. The van der Waals surface area contributed by atoms with E-state index in [2.05, 4.69) is 32.3 Å². The first kappa shape index (κ1) is 12.6. The van der Waals surface area contributed by atoms with Gasteiger partial charge in [0.1, 0.15) is 11.9 Å². The predicted octanol–water partition coefficient (Wildman–Crippen LogP) is 3.81. The van der Waals surface area contributed by atoms with E-state index in [0.717, 1.165) is 22.3 Å². The standard InChI is InChI=1S/C14H12BrN3/c1-2-17-14-10(9-16)7-8-13(18-14)11-5-3-4-6-12(11)15/h3-8H,2H2,1H3,(H,17,18). The number of hydrogen-bond acceptors (Lipinski definition) is 3. The molecule has 2 rings (SSSR count). The van der Waals surface area contributed by atoms with E-state index < -0.39 is 0 Å². The second-order valence-electron chi connectivity index (χ2n) is 3.71. The number of aromatic nitrogens is 1. The molecule has 0 atom stereocenters. The van der Waals surface area contributed by atoms with Crippen molar-refractivity contribution in [3.8, 4) is 17.3 Å². The average Bonchev–Trinajstić information content (AvgIpc) is 2.40. The van der Waals surface area contributed by atoms with Gasteiger partial charge in [-0.15, -0.1) is 0 Å². The molecule has 0 unspecified atom stereocenters. The second kappa shape index (κ2) is 5.65. The van der Waals surface area contributed by atoms with E-state index >= 15 is 0 Å². The molecule has 18 heavy (non-hydrogen) atoms. The average molecular weight is 302 g/mol. The van der Waals surface area contributed by atoms with Crippen molar-refractivity contribution < 1.29 is 0 Å².